The molecule has 0 atom stereocenters. The average Bonchev–Trinajstić information content (AvgIpc) is 2.59. The zero-order valence-corrected chi connectivity index (χ0v) is 14.4. The average molecular weight is 380 g/mol. The maximum Gasteiger partial charge on any atom is 0.387 e. The molecule has 1 aliphatic rings. The Morgan fingerprint density at radius 3 is 2.54 bits per heavy atom. The van der Waals surface area contributed by atoms with E-state index in [1.54, 1.807) is 12.1 Å². The van der Waals surface area contributed by atoms with Crippen LogP contribution in [0.5, 0.6) is 11.5 Å². The molecule has 8 heteroatoms. The SMILES string of the molecule is COc1ccc(C=C2CS(=O)(=O)c3ccccc3C2=O)cc1OC(F)F. The van der Waals surface area contributed by atoms with E-state index in [0.29, 0.717) is 5.56 Å². The van der Waals surface area contributed by atoms with Crippen molar-refractivity contribution in [3.63, 3.8) is 0 Å². The molecule has 0 radical (unpaired) electrons. The largest absolute Gasteiger partial charge is 0.493 e. The van der Waals surface area contributed by atoms with Gasteiger partial charge in [0.2, 0.25) is 0 Å². The summed E-state index contributed by atoms with van der Waals surface area (Å²) in [6.07, 6.45) is 1.35. The molecule has 2 aromatic carbocycles. The van der Waals surface area contributed by atoms with Crippen LogP contribution in [-0.2, 0) is 9.84 Å². The first-order valence-corrected chi connectivity index (χ1v) is 9.17. The van der Waals surface area contributed by atoms with Gasteiger partial charge in [0.25, 0.3) is 0 Å². The summed E-state index contributed by atoms with van der Waals surface area (Å²) in [7, 11) is -2.35. The van der Waals surface area contributed by atoms with Crippen LogP contribution >= 0.6 is 0 Å². The first-order chi connectivity index (χ1) is 12.3. The third kappa shape index (κ3) is 3.45. The minimum absolute atomic E-state index is 0.00129. The van der Waals surface area contributed by atoms with Crippen molar-refractivity contribution in [1.29, 1.82) is 0 Å². The van der Waals surface area contributed by atoms with Gasteiger partial charge in [-0.05, 0) is 35.9 Å². The van der Waals surface area contributed by atoms with Crippen molar-refractivity contribution in [2.75, 3.05) is 12.9 Å². The molecule has 0 spiro atoms. The zero-order valence-electron chi connectivity index (χ0n) is 13.6. The molecule has 3 rings (SSSR count). The maximum absolute atomic E-state index is 12.6. The number of halogens is 2. The smallest absolute Gasteiger partial charge is 0.387 e. The molecule has 0 saturated heterocycles. The molecule has 0 bridgehead atoms. The third-order valence-corrected chi connectivity index (χ3v) is 5.57. The van der Waals surface area contributed by atoms with Gasteiger partial charge in [0.1, 0.15) is 0 Å². The van der Waals surface area contributed by atoms with Gasteiger partial charge in [-0.25, -0.2) is 8.42 Å². The molecule has 0 saturated carbocycles. The van der Waals surface area contributed by atoms with E-state index in [0.717, 1.165) is 0 Å². The van der Waals surface area contributed by atoms with Crippen molar-refractivity contribution in [3.05, 3.63) is 59.2 Å². The Morgan fingerprint density at radius 2 is 1.85 bits per heavy atom. The number of carbonyl (C=O) groups is 1. The summed E-state index contributed by atoms with van der Waals surface area (Å²) in [6.45, 7) is -3.05. The van der Waals surface area contributed by atoms with Crippen molar-refractivity contribution < 1.29 is 31.5 Å². The predicted molar refractivity (Wildman–Crippen MR) is 90.4 cm³/mol. The molecular weight excluding hydrogens is 366 g/mol. The Labute approximate surface area is 148 Å². The van der Waals surface area contributed by atoms with Crippen LogP contribution in [0.15, 0.2) is 52.9 Å². The zero-order chi connectivity index (χ0) is 18.9. The number of ketones is 1. The van der Waals surface area contributed by atoms with Crippen LogP contribution in [0.25, 0.3) is 6.08 Å². The van der Waals surface area contributed by atoms with Crippen LogP contribution in [-0.4, -0.2) is 33.7 Å². The van der Waals surface area contributed by atoms with E-state index in [2.05, 4.69) is 4.74 Å². The van der Waals surface area contributed by atoms with Crippen molar-refractivity contribution in [2.24, 2.45) is 0 Å². The number of rotatable bonds is 4. The van der Waals surface area contributed by atoms with Crippen LogP contribution in [0.4, 0.5) is 8.78 Å². The number of fused-ring (bicyclic) bond motifs is 1. The molecule has 0 N–H and O–H groups in total. The van der Waals surface area contributed by atoms with Crippen molar-refractivity contribution in [2.45, 2.75) is 11.5 Å². The molecule has 2 aromatic rings. The molecular formula is C18H14F2O5S. The second-order valence-electron chi connectivity index (χ2n) is 5.54. The van der Waals surface area contributed by atoms with Gasteiger partial charge in [-0.2, -0.15) is 8.78 Å². The lowest BCUT2D eigenvalue weighted by molar-refractivity contribution is -0.0512. The molecule has 0 unspecified atom stereocenters. The highest BCUT2D eigenvalue weighted by molar-refractivity contribution is 7.91. The van der Waals surface area contributed by atoms with E-state index >= 15 is 0 Å². The second kappa shape index (κ2) is 6.87. The summed E-state index contributed by atoms with van der Waals surface area (Å²) in [6, 6.07) is 10.2. The number of hydrogen-bond donors (Lipinski definition) is 0. The summed E-state index contributed by atoms with van der Waals surface area (Å²) in [5.74, 6) is -0.980. The minimum Gasteiger partial charge on any atom is -0.493 e. The number of Topliss-reactive ketones (excluding diaryl/α,β-unsaturated/α-hetero) is 1. The fraction of sp³-hybridized carbons (Fsp3) is 0.167. The first kappa shape index (κ1) is 18.1. The maximum atomic E-state index is 12.6. The van der Waals surface area contributed by atoms with Gasteiger partial charge in [0, 0.05) is 11.1 Å². The lowest BCUT2D eigenvalue weighted by Crippen LogP contribution is -2.24. The van der Waals surface area contributed by atoms with Gasteiger partial charge < -0.3 is 9.47 Å². The van der Waals surface area contributed by atoms with E-state index in [4.69, 9.17) is 4.74 Å². The molecule has 136 valence electrons. The van der Waals surface area contributed by atoms with Gasteiger partial charge in [0.15, 0.2) is 27.1 Å². The highest BCUT2D eigenvalue weighted by atomic mass is 32.2. The summed E-state index contributed by atoms with van der Waals surface area (Å²) < 4.78 is 59.2. The Balaban J connectivity index is 2.05. The van der Waals surface area contributed by atoms with E-state index in [9.17, 15) is 22.0 Å². The van der Waals surface area contributed by atoms with Crippen LogP contribution in [0, 0.1) is 0 Å². The van der Waals surface area contributed by atoms with Crippen molar-refractivity contribution in [3.8, 4) is 11.5 Å². The Kier molecular flexibility index (Phi) is 4.78. The highest BCUT2D eigenvalue weighted by Crippen LogP contribution is 2.32. The van der Waals surface area contributed by atoms with Gasteiger partial charge in [-0.3, -0.25) is 4.79 Å². The quantitative estimate of drug-likeness (QED) is 0.761. The van der Waals surface area contributed by atoms with E-state index < -0.39 is 28.0 Å². The van der Waals surface area contributed by atoms with E-state index in [-0.39, 0.29) is 27.5 Å². The molecule has 0 aromatic heterocycles. The Hall–Kier alpha value is -2.74. The Morgan fingerprint density at radius 1 is 1.12 bits per heavy atom. The Bertz CT molecular complexity index is 996. The van der Waals surface area contributed by atoms with Crippen LogP contribution < -0.4 is 9.47 Å². The first-order valence-electron chi connectivity index (χ1n) is 7.52. The summed E-state index contributed by atoms with van der Waals surface area (Å²) in [5, 5.41) is 0. The monoisotopic (exact) mass is 380 g/mol. The third-order valence-electron chi connectivity index (χ3n) is 3.85. The van der Waals surface area contributed by atoms with E-state index in [1.165, 1.54) is 43.5 Å². The standard InChI is InChI=1S/C18H14F2O5S/c1-24-14-7-6-11(9-15(14)25-18(19)20)8-12-10-26(22,23)16-5-3-2-4-13(16)17(12)21/h2-9,18H,10H2,1H3. The second-order valence-corrected chi connectivity index (χ2v) is 7.50. The van der Waals surface area contributed by atoms with Crippen LogP contribution in [0.2, 0.25) is 0 Å². The lowest BCUT2D eigenvalue weighted by Gasteiger charge is -2.18. The van der Waals surface area contributed by atoms with E-state index in [1.807, 2.05) is 0 Å². The molecule has 1 aliphatic heterocycles. The molecule has 0 aliphatic carbocycles. The number of alkyl halides is 2. The predicted octanol–water partition coefficient (Wildman–Crippen LogP) is 3.35. The van der Waals surface area contributed by atoms with Gasteiger partial charge in [0.05, 0.1) is 17.8 Å². The molecule has 0 amide bonds. The molecule has 26 heavy (non-hydrogen) atoms. The number of hydrogen-bond acceptors (Lipinski definition) is 5. The summed E-state index contributed by atoms with van der Waals surface area (Å²) in [4.78, 5) is 12.6. The summed E-state index contributed by atoms with van der Waals surface area (Å²) >= 11 is 0. The van der Waals surface area contributed by atoms with Crippen LogP contribution in [0.1, 0.15) is 15.9 Å². The normalized spacial score (nSPS) is 17.2. The fourth-order valence-electron chi connectivity index (χ4n) is 2.73. The van der Waals surface area contributed by atoms with Gasteiger partial charge in [-0.1, -0.05) is 18.2 Å². The minimum atomic E-state index is -3.65. The lowest BCUT2D eigenvalue weighted by atomic mass is 10.0. The van der Waals surface area contributed by atoms with Gasteiger partial charge in [-0.15, -0.1) is 0 Å². The molecule has 5 nitrogen and oxygen atoms in total. The van der Waals surface area contributed by atoms with Crippen molar-refractivity contribution in [1.82, 2.24) is 0 Å². The summed E-state index contributed by atoms with van der Waals surface area (Å²) in [5.41, 5.74) is 0.499. The fourth-order valence-corrected chi connectivity index (χ4v) is 4.29. The number of ether oxygens (including phenoxy) is 2. The molecule has 1 heterocycles. The number of methoxy groups -OCH3 is 1. The highest BCUT2D eigenvalue weighted by Gasteiger charge is 2.32. The van der Waals surface area contributed by atoms with Crippen molar-refractivity contribution >= 4 is 21.7 Å². The number of carbonyl (C=O) groups excluding carboxylic acids is 1. The number of sulfone groups is 1. The van der Waals surface area contributed by atoms with Crippen LogP contribution in [0.3, 0.4) is 0 Å². The number of benzene rings is 2. The molecule has 0 fully saturated rings. The van der Waals surface area contributed by atoms with Gasteiger partial charge >= 0.3 is 6.61 Å². The topological polar surface area (TPSA) is 69.7 Å².